The molecule has 1 aromatic carbocycles. The number of hydrogen-bond donors (Lipinski definition) is 0. The maximum absolute atomic E-state index is 14.3. The number of fused-ring (bicyclic) bond motifs is 7. The molecule has 5 aliphatic rings. The first-order valence-electron chi connectivity index (χ1n) is 17.3. The Bertz CT molecular complexity index is 1280. The molecule has 6 rings (SSSR count). The van der Waals surface area contributed by atoms with Gasteiger partial charge in [0.1, 0.15) is 12.7 Å². The van der Waals surface area contributed by atoms with E-state index in [-0.39, 0.29) is 45.6 Å². The Kier molecular flexibility index (Phi) is 7.53. The molecular weight excluding hydrogens is 532 g/mol. The SMILES string of the molecule is CC(=O)O[C@@H]1CC[C@]2(C)[C@H]3CC=C4[C@@H]5[C@@H](C)[C@H](C)CC[C@]5(C(=O)OCc5ccccc5)CC[C@@]4(C)[C@]3(C)CC[C@H]2C1(C)C. The first kappa shape index (κ1) is 30.9. The van der Waals surface area contributed by atoms with E-state index in [0.29, 0.717) is 30.3 Å². The Morgan fingerprint density at radius 2 is 1.58 bits per heavy atom. The molecule has 1 aromatic rings. The molecule has 236 valence electrons. The van der Waals surface area contributed by atoms with E-state index in [9.17, 15) is 9.59 Å². The minimum atomic E-state index is -0.416. The van der Waals surface area contributed by atoms with E-state index >= 15 is 0 Å². The zero-order chi connectivity index (χ0) is 31.0. The van der Waals surface area contributed by atoms with E-state index < -0.39 is 5.41 Å². The summed E-state index contributed by atoms with van der Waals surface area (Å²) in [5, 5.41) is 0. The van der Waals surface area contributed by atoms with Gasteiger partial charge >= 0.3 is 11.9 Å². The van der Waals surface area contributed by atoms with Crippen molar-refractivity contribution in [3.8, 4) is 0 Å². The van der Waals surface area contributed by atoms with Crippen molar-refractivity contribution in [1.82, 2.24) is 0 Å². The van der Waals surface area contributed by atoms with E-state index in [4.69, 9.17) is 9.47 Å². The summed E-state index contributed by atoms with van der Waals surface area (Å²) in [4.78, 5) is 26.3. The van der Waals surface area contributed by atoms with Crippen LogP contribution in [0, 0.1) is 56.7 Å². The van der Waals surface area contributed by atoms with Crippen LogP contribution in [0.5, 0.6) is 0 Å². The fourth-order valence-electron chi connectivity index (χ4n) is 12.1. The van der Waals surface area contributed by atoms with Gasteiger partial charge in [0.05, 0.1) is 5.41 Å². The van der Waals surface area contributed by atoms with Crippen molar-refractivity contribution in [2.45, 2.75) is 126 Å². The number of benzene rings is 1. The molecule has 4 nitrogen and oxygen atoms in total. The summed E-state index contributed by atoms with van der Waals surface area (Å²) in [6.07, 6.45) is 12.2. The Morgan fingerprint density at radius 1 is 0.860 bits per heavy atom. The number of allylic oxidation sites excluding steroid dienone is 2. The summed E-state index contributed by atoms with van der Waals surface area (Å²) in [6.45, 7) is 19.2. The number of carbonyl (C=O) groups excluding carboxylic acids is 2. The van der Waals surface area contributed by atoms with Gasteiger partial charge in [-0.3, -0.25) is 9.59 Å². The van der Waals surface area contributed by atoms with Crippen LogP contribution in [0.15, 0.2) is 42.0 Å². The number of rotatable bonds is 4. The van der Waals surface area contributed by atoms with Crippen LogP contribution in [0.25, 0.3) is 0 Å². The van der Waals surface area contributed by atoms with Crippen molar-refractivity contribution in [1.29, 1.82) is 0 Å². The highest BCUT2D eigenvalue weighted by Crippen LogP contribution is 2.76. The average molecular weight is 589 g/mol. The predicted octanol–water partition coefficient (Wildman–Crippen LogP) is 9.32. The van der Waals surface area contributed by atoms with Crippen molar-refractivity contribution in [3.05, 3.63) is 47.5 Å². The van der Waals surface area contributed by atoms with E-state index in [1.807, 2.05) is 18.2 Å². The molecule has 0 N–H and O–H groups in total. The lowest BCUT2D eigenvalue weighted by atomic mass is 9.33. The van der Waals surface area contributed by atoms with Gasteiger partial charge in [-0.1, -0.05) is 90.4 Å². The standard InChI is InChI=1S/C39H56O4/c1-25-16-21-39(34(41)42-24-28-12-10-9-11-13-28)23-22-37(7)29(33(39)26(25)2)14-15-31-36(6)19-18-32(43-27(3)40)35(4,5)30(36)17-20-38(31,37)8/h9-14,25-26,30-33H,15-24H2,1-8H3/t25-,26+,30+,31-,32-,33+,36+,37-,38-,39+/m1/s1. The second-order valence-corrected chi connectivity index (χ2v) is 16.8. The summed E-state index contributed by atoms with van der Waals surface area (Å²) >= 11 is 0. The van der Waals surface area contributed by atoms with E-state index in [0.717, 1.165) is 50.5 Å². The number of hydrogen-bond acceptors (Lipinski definition) is 4. The summed E-state index contributed by atoms with van der Waals surface area (Å²) in [6, 6.07) is 10.1. The summed E-state index contributed by atoms with van der Waals surface area (Å²) in [5.74, 6) is 2.30. The van der Waals surface area contributed by atoms with Crippen molar-refractivity contribution < 1.29 is 19.1 Å². The summed E-state index contributed by atoms with van der Waals surface area (Å²) in [7, 11) is 0. The zero-order valence-corrected chi connectivity index (χ0v) is 28.1. The van der Waals surface area contributed by atoms with Crippen molar-refractivity contribution in [2.75, 3.05) is 0 Å². The first-order chi connectivity index (χ1) is 20.2. The summed E-state index contributed by atoms with van der Waals surface area (Å²) in [5.41, 5.74) is 2.64. The third kappa shape index (κ3) is 4.42. The minimum Gasteiger partial charge on any atom is -0.462 e. The van der Waals surface area contributed by atoms with Crippen molar-refractivity contribution in [2.24, 2.45) is 56.7 Å². The van der Waals surface area contributed by atoms with Crippen LogP contribution in [-0.2, 0) is 25.7 Å². The van der Waals surface area contributed by atoms with Gasteiger partial charge in [-0.15, -0.1) is 0 Å². The molecule has 0 aliphatic heterocycles. The second kappa shape index (κ2) is 10.5. The Labute approximate surface area is 260 Å². The average Bonchev–Trinajstić information content (AvgIpc) is 2.96. The quantitative estimate of drug-likeness (QED) is 0.260. The Balaban J connectivity index is 1.35. The normalized spacial score (nSPS) is 44.9. The van der Waals surface area contributed by atoms with Crippen LogP contribution in [0.3, 0.4) is 0 Å². The van der Waals surface area contributed by atoms with Crippen LogP contribution in [0.1, 0.15) is 119 Å². The molecule has 4 fully saturated rings. The van der Waals surface area contributed by atoms with E-state index in [2.05, 4.69) is 66.7 Å². The minimum absolute atomic E-state index is 0.000479. The Morgan fingerprint density at radius 3 is 2.28 bits per heavy atom. The Hall–Kier alpha value is -2.10. The van der Waals surface area contributed by atoms with E-state index in [1.165, 1.54) is 12.8 Å². The molecule has 43 heavy (non-hydrogen) atoms. The third-order valence-corrected chi connectivity index (χ3v) is 14.9. The van der Waals surface area contributed by atoms with Crippen LogP contribution in [-0.4, -0.2) is 18.0 Å². The lowest BCUT2D eigenvalue weighted by molar-refractivity contribution is -0.214. The molecule has 0 unspecified atom stereocenters. The lowest BCUT2D eigenvalue weighted by Crippen LogP contribution is -2.65. The molecule has 10 atom stereocenters. The molecule has 4 saturated carbocycles. The number of carbonyl (C=O) groups is 2. The molecular formula is C39H56O4. The monoisotopic (exact) mass is 588 g/mol. The number of ether oxygens (including phenoxy) is 2. The maximum Gasteiger partial charge on any atom is 0.313 e. The van der Waals surface area contributed by atoms with Crippen LogP contribution in [0.2, 0.25) is 0 Å². The molecule has 4 heteroatoms. The largest absolute Gasteiger partial charge is 0.462 e. The lowest BCUT2D eigenvalue weighted by Gasteiger charge is -2.71. The van der Waals surface area contributed by atoms with Gasteiger partial charge < -0.3 is 9.47 Å². The molecule has 0 bridgehead atoms. The highest BCUT2D eigenvalue weighted by atomic mass is 16.5. The molecule has 0 heterocycles. The molecule has 0 radical (unpaired) electrons. The zero-order valence-electron chi connectivity index (χ0n) is 28.1. The summed E-state index contributed by atoms with van der Waals surface area (Å²) < 4.78 is 12.1. The van der Waals surface area contributed by atoms with Crippen LogP contribution in [0.4, 0.5) is 0 Å². The molecule has 5 aliphatic carbocycles. The molecule has 0 aromatic heterocycles. The molecule has 0 spiro atoms. The fraction of sp³-hybridized carbons (Fsp3) is 0.744. The van der Waals surface area contributed by atoms with Crippen LogP contribution < -0.4 is 0 Å². The van der Waals surface area contributed by atoms with Crippen LogP contribution >= 0.6 is 0 Å². The molecule has 0 saturated heterocycles. The van der Waals surface area contributed by atoms with Gasteiger partial charge in [-0.05, 0) is 109 Å². The van der Waals surface area contributed by atoms with Crippen molar-refractivity contribution in [3.63, 3.8) is 0 Å². The third-order valence-electron chi connectivity index (χ3n) is 14.9. The topological polar surface area (TPSA) is 52.6 Å². The van der Waals surface area contributed by atoms with Gasteiger partial charge in [0, 0.05) is 12.3 Å². The smallest absolute Gasteiger partial charge is 0.313 e. The van der Waals surface area contributed by atoms with Gasteiger partial charge in [-0.25, -0.2) is 0 Å². The van der Waals surface area contributed by atoms with Gasteiger partial charge in [-0.2, -0.15) is 0 Å². The van der Waals surface area contributed by atoms with Gasteiger partial charge in [0.15, 0.2) is 0 Å². The van der Waals surface area contributed by atoms with Gasteiger partial charge in [0.25, 0.3) is 0 Å². The predicted molar refractivity (Wildman–Crippen MR) is 171 cm³/mol. The molecule has 0 amide bonds. The van der Waals surface area contributed by atoms with Crippen molar-refractivity contribution >= 4 is 11.9 Å². The highest BCUT2D eigenvalue weighted by molar-refractivity contribution is 5.79. The maximum atomic E-state index is 14.3. The number of esters is 2. The first-order valence-corrected chi connectivity index (χ1v) is 17.3. The fourth-order valence-corrected chi connectivity index (χ4v) is 12.1. The van der Waals surface area contributed by atoms with E-state index in [1.54, 1.807) is 12.5 Å². The second-order valence-electron chi connectivity index (χ2n) is 16.8. The highest BCUT2D eigenvalue weighted by Gasteiger charge is 2.70. The van der Waals surface area contributed by atoms with Gasteiger partial charge in [0.2, 0.25) is 0 Å².